The Balaban J connectivity index is 1.59. The normalized spacial score (nSPS) is 14.8. The molecule has 2 rings (SSSR count). The van der Waals surface area contributed by atoms with Gasteiger partial charge in [-0.1, -0.05) is 102 Å². The summed E-state index contributed by atoms with van der Waals surface area (Å²) in [6.45, 7) is 5.66. The molecule has 0 spiro atoms. The highest BCUT2D eigenvalue weighted by Gasteiger charge is 2.47. The number of benzene rings is 1. The van der Waals surface area contributed by atoms with Crippen LogP contribution < -0.4 is 0 Å². The third-order valence-electron chi connectivity index (χ3n) is 6.66. The molecule has 0 aliphatic carbocycles. The third kappa shape index (κ3) is 10.1. The van der Waals surface area contributed by atoms with Crippen molar-refractivity contribution >= 4 is 29.6 Å². The number of amides is 2. The van der Waals surface area contributed by atoms with Crippen molar-refractivity contribution in [1.29, 1.82) is 0 Å². The van der Waals surface area contributed by atoms with Gasteiger partial charge in [-0.25, -0.2) is 14.5 Å². The quantitative estimate of drug-likeness (QED) is 0.144. The van der Waals surface area contributed by atoms with E-state index in [1.54, 1.807) is 32.0 Å². The maximum absolute atomic E-state index is 12.5. The van der Waals surface area contributed by atoms with E-state index in [1.165, 1.54) is 70.6 Å². The number of hydrogen-bond donors (Lipinski definition) is 0. The van der Waals surface area contributed by atoms with Crippen LogP contribution in [0, 0.1) is 0 Å². The fourth-order valence-electron chi connectivity index (χ4n) is 4.40. The summed E-state index contributed by atoms with van der Waals surface area (Å²) in [6, 6.07) is 4.74. The van der Waals surface area contributed by atoms with Crippen LogP contribution in [0.4, 0.5) is 4.79 Å². The zero-order chi connectivity index (χ0) is 26.4. The van der Waals surface area contributed by atoms with E-state index >= 15 is 0 Å². The minimum absolute atomic E-state index is 0.0555. The van der Waals surface area contributed by atoms with Gasteiger partial charge in [0.15, 0.2) is 5.60 Å². The van der Waals surface area contributed by atoms with Gasteiger partial charge in [0.25, 0.3) is 5.91 Å². The number of carbonyl (C=O) groups excluding carboxylic acids is 3. The molecule has 7 heteroatoms. The highest BCUT2D eigenvalue weighted by molar-refractivity contribution is 6.31. The minimum atomic E-state index is -1.20. The topological polar surface area (TPSA) is 72.9 Å². The monoisotopic (exact) mass is 521 g/mol. The highest BCUT2D eigenvalue weighted by atomic mass is 35.5. The lowest BCUT2D eigenvalue weighted by Gasteiger charge is -2.15. The Bertz CT molecular complexity index is 854. The largest absolute Gasteiger partial charge is 0.462 e. The highest BCUT2D eigenvalue weighted by Crippen LogP contribution is 2.28. The van der Waals surface area contributed by atoms with Gasteiger partial charge in [0.1, 0.15) is 0 Å². The van der Waals surface area contributed by atoms with E-state index in [-0.39, 0.29) is 6.54 Å². The van der Waals surface area contributed by atoms with Crippen molar-refractivity contribution in [3.05, 3.63) is 34.3 Å². The van der Waals surface area contributed by atoms with Crippen molar-refractivity contribution in [3.8, 4) is 0 Å². The van der Waals surface area contributed by atoms with Crippen LogP contribution in [-0.2, 0) is 20.8 Å². The number of unbranched alkanes of at least 4 members (excludes halogenated alkanes) is 13. The van der Waals surface area contributed by atoms with Gasteiger partial charge >= 0.3 is 12.1 Å². The molecule has 1 saturated heterocycles. The molecule has 0 aromatic heterocycles. The lowest BCUT2D eigenvalue weighted by molar-refractivity contribution is -0.134. The van der Waals surface area contributed by atoms with Crippen LogP contribution in [0.25, 0.3) is 0 Å². The third-order valence-corrected chi connectivity index (χ3v) is 7.03. The van der Waals surface area contributed by atoms with Crippen molar-refractivity contribution in [2.75, 3.05) is 6.61 Å². The van der Waals surface area contributed by atoms with Gasteiger partial charge in [0.05, 0.1) is 18.7 Å². The minimum Gasteiger partial charge on any atom is -0.462 e. The average Bonchev–Trinajstić information content (AvgIpc) is 3.03. The molecule has 0 saturated carbocycles. The SMILES string of the molecule is CCCCCCCCCCCCCCCCOC(=O)c1ccc(Cl)c(CN2C(=O)OC(C)(C)C2=O)c1. The van der Waals surface area contributed by atoms with Gasteiger partial charge in [-0.2, -0.15) is 0 Å². The Hall–Kier alpha value is -2.08. The van der Waals surface area contributed by atoms with Crippen molar-refractivity contribution in [3.63, 3.8) is 0 Å². The van der Waals surface area contributed by atoms with Crippen LogP contribution in [0.1, 0.15) is 127 Å². The maximum atomic E-state index is 12.5. The molecular weight excluding hydrogens is 478 g/mol. The lowest BCUT2D eigenvalue weighted by atomic mass is 10.0. The van der Waals surface area contributed by atoms with Crippen LogP contribution in [-0.4, -0.2) is 35.1 Å². The molecule has 0 N–H and O–H groups in total. The Morgan fingerprint density at radius 3 is 1.92 bits per heavy atom. The average molecular weight is 522 g/mol. The van der Waals surface area contributed by atoms with Crippen LogP contribution in [0.15, 0.2) is 18.2 Å². The molecule has 0 atom stereocenters. The summed E-state index contributed by atoms with van der Waals surface area (Å²) in [6.07, 6.45) is 17.1. The van der Waals surface area contributed by atoms with Crippen molar-refractivity contribution in [1.82, 2.24) is 4.90 Å². The summed E-state index contributed by atoms with van der Waals surface area (Å²) in [5.74, 6) is -0.868. The first-order valence-corrected chi connectivity index (χ1v) is 14.1. The number of carbonyl (C=O) groups is 3. The van der Waals surface area contributed by atoms with E-state index in [0.29, 0.717) is 22.8 Å². The second-order valence-corrected chi connectivity index (χ2v) is 10.7. The molecule has 6 nitrogen and oxygen atoms in total. The first-order chi connectivity index (χ1) is 17.3. The van der Waals surface area contributed by atoms with E-state index in [2.05, 4.69) is 6.92 Å². The van der Waals surface area contributed by atoms with E-state index in [9.17, 15) is 14.4 Å². The van der Waals surface area contributed by atoms with Crippen LogP contribution in [0.3, 0.4) is 0 Å². The molecule has 1 fully saturated rings. The van der Waals surface area contributed by atoms with Crippen molar-refractivity contribution in [2.24, 2.45) is 0 Å². The zero-order valence-corrected chi connectivity index (χ0v) is 23.2. The molecule has 202 valence electrons. The molecule has 1 aliphatic heterocycles. The summed E-state index contributed by atoms with van der Waals surface area (Å²) in [7, 11) is 0. The molecule has 1 heterocycles. The van der Waals surface area contributed by atoms with Crippen LogP contribution in [0.2, 0.25) is 5.02 Å². The smallest absolute Gasteiger partial charge is 0.418 e. The summed E-state index contributed by atoms with van der Waals surface area (Å²) in [5, 5.41) is 0.365. The van der Waals surface area contributed by atoms with Crippen LogP contribution in [0.5, 0.6) is 0 Å². The summed E-state index contributed by atoms with van der Waals surface area (Å²) in [5.41, 5.74) is -0.363. The van der Waals surface area contributed by atoms with E-state index in [0.717, 1.165) is 24.2 Å². The summed E-state index contributed by atoms with van der Waals surface area (Å²) < 4.78 is 10.5. The number of cyclic esters (lactones) is 1. The Morgan fingerprint density at radius 1 is 0.889 bits per heavy atom. The van der Waals surface area contributed by atoms with Crippen molar-refractivity contribution < 1.29 is 23.9 Å². The molecular formula is C29H44ClNO5. The molecule has 1 aromatic carbocycles. The summed E-state index contributed by atoms with van der Waals surface area (Å²) in [4.78, 5) is 37.9. The molecule has 1 aromatic rings. The van der Waals surface area contributed by atoms with Gasteiger partial charge in [-0.15, -0.1) is 0 Å². The molecule has 2 amide bonds. The molecule has 0 unspecified atom stereocenters. The number of nitrogens with zero attached hydrogens (tertiary/aromatic N) is 1. The van der Waals surface area contributed by atoms with Crippen molar-refractivity contribution in [2.45, 2.75) is 123 Å². The van der Waals surface area contributed by atoms with E-state index in [4.69, 9.17) is 21.1 Å². The predicted octanol–water partition coefficient (Wildman–Crippen LogP) is 8.24. The fraction of sp³-hybridized carbons (Fsp3) is 0.690. The standard InChI is InChI=1S/C29H44ClNO5/c1-4-5-6-7-8-9-10-11-12-13-14-15-16-17-20-35-26(32)23-18-19-25(30)24(21-23)22-31-27(33)29(2,3)36-28(31)34/h18-19,21H,4-17,20,22H2,1-3H3. The number of halogens is 1. The number of esters is 1. The lowest BCUT2D eigenvalue weighted by Crippen LogP contribution is -2.35. The predicted molar refractivity (Wildman–Crippen MR) is 143 cm³/mol. The second-order valence-electron chi connectivity index (χ2n) is 10.3. The fourth-order valence-corrected chi connectivity index (χ4v) is 4.58. The Labute approximate surface area is 222 Å². The first kappa shape index (κ1) is 30.1. The summed E-state index contributed by atoms with van der Waals surface area (Å²) >= 11 is 6.25. The first-order valence-electron chi connectivity index (χ1n) is 13.8. The van der Waals surface area contributed by atoms with Crippen LogP contribution >= 0.6 is 11.6 Å². The maximum Gasteiger partial charge on any atom is 0.418 e. The van der Waals surface area contributed by atoms with E-state index < -0.39 is 23.6 Å². The van der Waals surface area contributed by atoms with Gasteiger partial charge in [-0.3, -0.25) is 4.79 Å². The molecule has 0 radical (unpaired) electrons. The van der Waals surface area contributed by atoms with Gasteiger partial charge in [0.2, 0.25) is 0 Å². The zero-order valence-electron chi connectivity index (χ0n) is 22.4. The number of rotatable bonds is 18. The van der Waals surface area contributed by atoms with Gasteiger partial charge in [0, 0.05) is 5.02 Å². The Morgan fingerprint density at radius 2 is 1.42 bits per heavy atom. The number of imide groups is 1. The van der Waals surface area contributed by atoms with Gasteiger partial charge < -0.3 is 9.47 Å². The second kappa shape index (κ2) is 15.9. The van der Waals surface area contributed by atoms with Gasteiger partial charge in [-0.05, 0) is 44.0 Å². The Kier molecular flexibility index (Phi) is 13.3. The van der Waals surface area contributed by atoms with E-state index in [1.807, 2.05) is 0 Å². The molecule has 36 heavy (non-hydrogen) atoms. The number of ether oxygens (including phenoxy) is 2. The molecule has 1 aliphatic rings. The number of hydrogen-bond acceptors (Lipinski definition) is 5. The molecule has 0 bridgehead atoms.